The maximum absolute atomic E-state index is 13.4. The number of carbonyl (C=O) groups is 2. The van der Waals surface area contributed by atoms with Gasteiger partial charge in [-0.3, -0.25) is 9.59 Å². The van der Waals surface area contributed by atoms with Crippen molar-refractivity contribution in [3.05, 3.63) is 24.3 Å². The van der Waals surface area contributed by atoms with Crippen LogP contribution in [0, 0.1) is 17.3 Å². The van der Waals surface area contributed by atoms with Gasteiger partial charge in [-0.2, -0.15) is 0 Å². The number of rotatable bonds is 4. The first kappa shape index (κ1) is 19.0. The minimum atomic E-state index is -0.321. The molecule has 1 aromatic rings. The molecular weight excluding hydrogens is 362 g/mol. The van der Waals surface area contributed by atoms with Crippen molar-refractivity contribution in [1.29, 1.82) is 0 Å². The molecule has 4 bridgehead atoms. The summed E-state index contributed by atoms with van der Waals surface area (Å²) in [4.78, 5) is 27.7. The van der Waals surface area contributed by atoms with E-state index in [2.05, 4.69) is 27.7 Å². The van der Waals surface area contributed by atoms with Crippen LogP contribution >= 0.6 is 0 Å². The monoisotopic (exact) mass is 395 g/mol. The third-order valence-electron chi connectivity index (χ3n) is 7.83. The van der Waals surface area contributed by atoms with Crippen molar-refractivity contribution in [2.24, 2.45) is 17.3 Å². The highest BCUT2D eigenvalue weighted by Gasteiger charge is 2.60. The predicted octanol–water partition coefficient (Wildman–Crippen LogP) is 4.09. The molecule has 5 heteroatoms. The highest BCUT2D eigenvalue weighted by molar-refractivity contribution is 5.96. The number of piperidine rings is 1. The van der Waals surface area contributed by atoms with E-state index < -0.39 is 0 Å². The van der Waals surface area contributed by atoms with Gasteiger partial charge in [0.05, 0.1) is 5.41 Å². The summed E-state index contributed by atoms with van der Waals surface area (Å²) in [6, 6.07) is 8.37. The van der Waals surface area contributed by atoms with Crippen LogP contribution in [0.4, 0.5) is 11.4 Å². The summed E-state index contributed by atoms with van der Waals surface area (Å²) < 4.78 is 0. The molecule has 1 aromatic carbocycles. The Morgan fingerprint density at radius 1 is 0.966 bits per heavy atom. The van der Waals surface area contributed by atoms with E-state index in [9.17, 15) is 9.59 Å². The highest BCUT2D eigenvalue weighted by Crippen LogP contribution is 2.61. The molecule has 0 radical (unpaired) electrons. The molecule has 29 heavy (non-hydrogen) atoms. The fraction of sp³-hybridized carbons (Fsp3) is 0.667. The molecule has 4 saturated carbocycles. The van der Waals surface area contributed by atoms with E-state index in [1.54, 1.807) is 6.92 Å². The first-order valence-electron chi connectivity index (χ1n) is 11.4. The molecule has 2 amide bonds. The van der Waals surface area contributed by atoms with Gasteiger partial charge in [0.15, 0.2) is 0 Å². The van der Waals surface area contributed by atoms with Gasteiger partial charge in [0, 0.05) is 36.9 Å². The summed E-state index contributed by atoms with van der Waals surface area (Å²) in [6.45, 7) is 3.86. The van der Waals surface area contributed by atoms with Gasteiger partial charge in [-0.05, 0) is 93.9 Å². The largest absolute Gasteiger partial charge is 0.372 e. The zero-order valence-electron chi connectivity index (χ0n) is 17.5. The Labute approximate surface area is 173 Å². The Hall–Kier alpha value is -2.04. The molecule has 5 nitrogen and oxygen atoms in total. The maximum atomic E-state index is 13.4. The highest BCUT2D eigenvalue weighted by atomic mass is 16.2. The van der Waals surface area contributed by atoms with Crippen LogP contribution < -0.4 is 15.5 Å². The number of benzene rings is 1. The van der Waals surface area contributed by atoms with E-state index in [1.807, 2.05) is 12.1 Å². The quantitative estimate of drug-likeness (QED) is 0.807. The topological polar surface area (TPSA) is 61.4 Å². The van der Waals surface area contributed by atoms with E-state index in [1.165, 1.54) is 31.4 Å². The fourth-order valence-electron chi connectivity index (χ4n) is 7.22. The summed E-state index contributed by atoms with van der Waals surface area (Å²) >= 11 is 0. The molecule has 0 spiro atoms. The van der Waals surface area contributed by atoms with Gasteiger partial charge in [-0.1, -0.05) is 0 Å². The molecule has 1 aliphatic heterocycles. The average Bonchev–Trinajstić information content (AvgIpc) is 2.67. The fourth-order valence-corrected chi connectivity index (χ4v) is 7.22. The molecule has 2 N–H and O–H groups in total. The molecule has 1 saturated heterocycles. The lowest BCUT2D eigenvalue weighted by molar-refractivity contribution is -0.148. The van der Waals surface area contributed by atoms with Crippen LogP contribution in [0.1, 0.15) is 64.7 Å². The molecule has 2 unspecified atom stereocenters. The Kier molecular flexibility index (Phi) is 4.60. The van der Waals surface area contributed by atoms with Crippen molar-refractivity contribution in [3.63, 3.8) is 0 Å². The maximum Gasteiger partial charge on any atom is 0.230 e. The first-order valence-corrected chi connectivity index (χ1v) is 11.4. The number of nitrogens with zero attached hydrogens (tertiary/aromatic N) is 1. The predicted molar refractivity (Wildman–Crippen MR) is 115 cm³/mol. The lowest BCUT2D eigenvalue weighted by Crippen LogP contribution is -2.65. The standard InChI is InChI=1S/C24H33N3O2/c1-17(28)26-24-14-18-11-19(15-24)13-23(12-18,16-24)22(29)25-20-5-7-21(8-6-20)27-9-3-2-4-10-27/h5-8,18-19H,2-4,9-16H2,1H3,(H,25,29)(H,26,28). The number of nitrogens with one attached hydrogen (secondary N) is 2. The second kappa shape index (κ2) is 7.03. The van der Waals surface area contributed by atoms with Crippen molar-refractivity contribution in [2.75, 3.05) is 23.3 Å². The van der Waals surface area contributed by atoms with E-state index in [0.717, 1.165) is 50.9 Å². The Balaban J connectivity index is 1.31. The Morgan fingerprint density at radius 2 is 1.62 bits per heavy atom. The molecule has 2 atom stereocenters. The molecule has 5 fully saturated rings. The summed E-state index contributed by atoms with van der Waals surface area (Å²) in [7, 11) is 0. The van der Waals surface area contributed by atoms with Gasteiger partial charge in [0.1, 0.15) is 0 Å². The van der Waals surface area contributed by atoms with E-state index in [-0.39, 0.29) is 22.8 Å². The van der Waals surface area contributed by atoms with Crippen LogP contribution in [-0.2, 0) is 9.59 Å². The van der Waals surface area contributed by atoms with E-state index in [0.29, 0.717) is 11.8 Å². The summed E-state index contributed by atoms with van der Waals surface area (Å²) in [5, 5.41) is 6.48. The zero-order chi connectivity index (χ0) is 20.1. The smallest absolute Gasteiger partial charge is 0.230 e. The molecular formula is C24H33N3O2. The van der Waals surface area contributed by atoms with Gasteiger partial charge in [-0.15, -0.1) is 0 Å². The van der Waals surface area contributed by atoms with Crippen molar-refractivity contribution >= 4 is 23.2 Å². The van der Waals surface area contributed by atoms with Crippen LogP contribution in [0.2, 0.25) is 0 Å². The molecule has 5 aliphatic rings. The normalized spacial score (nSPS) is 35.4. The van der Waals surface area contributed by atoms with E-state index in [4.69, 9.17) is 0 Å². The number of hydrogen-bond donors (Lipinski definition) is 2. The van der Waals surface area contributed by atoms with Crippen molar-refractivity contribution < 1.29 is 9.59 Å². The van der Waals surface area contributed by atoms with Crippen LogP contribution in [0.15, 0.2) is 24.3 Å². The van der Waals surface area contributed by atoms with Gasteiger partial charge < -0.3 is 15.5 Å². The minimum absolute atomic E-state index is 0.0378. The number of carbonyl (C=O) groups excluding carboxylic acids is 2. The van der Waals surface area contributed by atoms with Crippen LogP contribution in [0.5, 0.6) is 0 Å². The minimum Gasteiger partial charge on any atom is -0.372 e. The SMILES string of the molecule is CC(=O)NC12CC3CC(C1)CC(C(=O)Nc1ccc(N4CCCCC4)cc1)(C3)C2. The van der Waals surface area contributed by atoms with Crippen LogP contribution in [0.3, 0.4) is 0 Å². The van der Waals surface area contributed by atoms with Gasteiger partial charge in [0.25, 0.3) is 0 Å². The second-order valence-corrected chi connectivity index (χ2v) is 10.3. The lowest BCUT2D eigenvalue weighted by Gasteiger charge is -2.61. The molecule has 0 aromatic heterocycles. The second-order valence-electron chi connectivity index (χ2n) is 10.3. The summed E-state index contributed by atoms with van der Waals surface area (Å²) in [5.41, 5.74) is 1.66. The summed E-state index contributed by atoms with van der Waals surface area (Å²) in [6.07, 6.45) is 9.91. The van der Waals surface area contributed by atoms with Crippen molar-refractivity contribution in [3.8, 4) is 0 Å². The van der Waals surface area contributed by atoms with Crippen LogP contribution in [-0.4, -0.2) is 30.4 Å². The van der Waals surface area contributed by atoms with Gasteiger partial charge >= 0.3 is 0 Å². The van der Waals surface area contributed by atoms with E-state index >= 15 is 0 Å². The Morgan fingerprint density at radius 3 is 2.24 bits per heavy atom. The number of amides is 2. The molecule has 4 aliphatic carbocycles. The lowest BCUT2D eigenvalue weighted by atomic mass is 9.46. The molecule has 156 valence electrons. The number of hydrogen-bond acceptors (Lipinski definition) is 3. The third-order valence-corrected chi connectivity index (χ3v) is 7.83. The Bertz CT molecular complexity index is 783. The van der Waals surface area contributed by atoms with Gasteiger partial charge in [0.2, 0.25) is 11.8 Å². The van der Waals surface area contributed by atoms with Crippen molar-refractivity contribution in [2.45, 2.75) is 70.3 Å². The zero-order valence-corrected chi connectivity index (χ0v) is 17.5. The third kappa shape index (κ3) is 3.53. The number of anilines is 2. The van der Waals surface area contributed by atoms with Crippen molar-refractivity contribution in [1.82, 2.24) is 5.32 Å². The molecule has 1 heterocycles. The molecule has 6 rings (SSSR count). The van der Waals surface area contributed by atoms with Crippen LogP contribution in [0.25, 0.3) is 0 Å². The summed E-state index contributed by atoms with van der Waals surface area (Å²) in [5.74, 6) is 1.33. The first-order chi connectivity index (χ1) is 14.0. The average molecular weight is 396 g/mol. The van der Waals surface area contributed by atoms with Gasteiger partial charge in [-0.25, -0.2) is 0 Å².